The van der Waals surface area contributed by atoms with Gasteiger partial charge >= 0.3 is 6.18 Å². The average Bonchev–Trinajstić information content (AvgIpc) is 2.78. The highest BCUT2D eigenvalue weighted by Crippen LogP contribution is 2.36. The molecule has 0 bridgehead atoms. The Labute approximate surface area is 118 Å². The third-order valence-electron chi connectivity index (χ3n) is 2.99. The predicted molar refractivity (Wildman–Crippen MR) is 68.9 cm³/mol. The SMILES string of the molecule is COc1ccc(N2CC/C(=C(/Cl)C(F)(F)F)C2=O)cc1. The maximum Gasteiger partial charge on any atom is 0.427 e. The van der Waals surface area contributed by atoms with Crippen molar-refractivity contribution >= 4 is 23.2 Å². The molecule has 0 radical (unpaired) electrons. The van der Waals surface area contributed by atoms with Crippen LogP contribution >= 0.6 is 11.6 Å². The van der Waals surface area contributed by atoms with Crippen LogP contribution in [0.25, 0.3) is 0 Å². The molecule has 7 heteroatoms. The Bertz CT molecular complexity index is 552. The molecule has 0 unspecified atom stereocenters. The molecule has 1 aliphatic rings. The molecule has 1 heterocycles. The van der Waals surface area contributed by atoms with Crippen molar-refractivity contribution in [1.29, 1.82) is 0 Å². The van der Waals surface area contributed by atoms with E-state index in [4.69, 9.17) is 16.3 Å². The van der Waals surface area contributed by atoms with E-state index in [2.05, 4.69) is 0 Å². The number of halogens is 4. The van der Waals surface area contributed by atoms with Crippen LogP contribution in [0.1, 0.15) is 6.42 Å². The number of hydrogen-bond donors (Lipinski definition) is 0. The average molecular weight is 306 g/mol. The molecule has 1 saturated heterocycles. The zero-order valence-corrected chi connectivity index (χ0v) is 11.3. The highest BCUT2D eigenvalue weighted by Gasteiger charge is 2.40. The minimum Gasteiger partial charge on any atom is -0.497 e. The summed E-state index contributed by atoms with van der Waals surface area (Å²) in [6.45, 7) is 0.173. The zero-order chi connectivity index (χ0) is 14.9. The van der Waals surface area contributed by atoms with Crippen LogP contribution in [-0.4, -0.2) is 25.7 Å². The second kappa shape index (κ2) is 5.36. The normalized spacial score (nSPS) is 18.4. The molecule has 0 spiro atoms. The van der Waals surface area contributed by atoms with E-state index >= 15 is 0 Å². The molecule has 0 N–H and O–H groups in total. The van der Waals surface area contributed by atoms with Gasteiger partial charge in [-0.25, -0.2) is 0 Å². The van der Waals surface area contributed by atoms with Gasteiger partial charge in [0.1, 0.15) is 10.8 Å². The van der Waals surface area contributed by atoms with Crippen molar-refractivity contribution in [2.24, 2.45) is 0 Å². The topological polar surface area (TPSA) is 29.5 Å². The molecule has 108 valence electrons. The fourth-order valence-electron chi connectivity index (χ4n) is 1.98. The number of carbonyl (C=O) groups is 1. The lowest BCUT2D eigenvalue weighted by Gasteiger charge is -2.16. The summed E-state index contributed by atoms with van der Waals surface area (Å²) >= 11 is 5.25. The summed E-state index contributed by atoms with van der Waals surface area (Å²) in [5, 5.41) is -1.33. The summed E-state index contributed by atoms with van der Waals surface area (Å²) in [6, 6.07) is 6.49. The maximum atomic E-state index is 12.5. The van der Waals surface area contributed by atoms with Crippen molar-refractivity contribution in [2.45, 2.75) is 12.6 Å². The second-order valence-electron chi connectivity index (χ2n) is 4.20. The first-order valence-corrected chi connectivity index (χ1v) is 6.14. The number of alkyl halides is 3. The van der Waals surface area contributed by atoms with Gasteiger partial charge in [-0.3, -0.25) is 4.79 Å². The molecule has 3 nitrogen and oxygen atoms in total. The lowest BCUT2D eigenvalue weighted by molar-refractivity contribution is -0.115. The van der Waals surface area contributed by atoms with Crippen LogP contribution in [0.2, 0.25) is 0 Å². The van der Waals surface area contributed by atoms with E-state index in [0.717, 1.165) is 0 Å². The van der Waals surface area contributed by atoms with Crippen LogP contribution in [0, 0.1) is 0 Å². The van der Waals surface area contributed by atoms with Crippen molar-refractivity contribution < 1.29 is 22.7 Å². The van der Waals surface area contributed by atoms with Crippen LogP contribution < -0.4 is 9.64 Å². The molecule has 20 heavy (non-hydrogen) atoms. The Morgan fingerprint density at radius 2 is 1.90 bits per heavy atom. The maximum absolute atomic E-state index is 12.5. The molecule has 0 atom stereocenters. The van der Waals surface area contributed by atoms with Gasteiger partial charge in [-0.15, -0.1) is 0 Å². The summed E-state index contributed by atoms with van der Waals surface area (Å²) in [5.41, 5.74) is 0.118. The number of anilines is 1. The molecule has 1 fully saturated rings. The number of nitrogens with zero attached hydrogens (tertiary/aromatic N) is 1. The van der Waals surface area contributed by atoms with E-state index in [-0.39, 0.29) is 13.0 Å². The van der Waals surface area contributed by atoms with Crippen molar-refractivity contribution in [1.82, 2.24) is 0 Å². The minimum atomic E-state index is -4.69. The minimum absolute atomic E-state index is 0.0246. The third kappa shape index (κ3) is 2.75. The van der Waals surface area contributed by atoms with Crippen molar-refractivity contribution in [3.8, 4) is 5.75 Å². The van der Waals surface area contributed by atoms with E-state index in [9.17, 15) is 18.0 Å². The second-order valence-corrected chi connectivity index (χ2v) is 4.57. The van der Waals surface area contributed by atoms with Crippen LogP contribution in [0.15, 0.2) is 34.9 Å². The number of allylic oxidation sites excluding steroid dienone is 1. The fraction of sp³-hybridized carbons (Fsp3) is 0.308. The Balaban J connectivity index is 2.27. The molecule has 1 aromatic rings. The summed E-state index contributed by atoms with van der Waals surface area (Å²) in [7, 11) is 1.50. The number of hydrogen-bond acceptors (Lipinski definition) is 2. The van der Waals surface area contributed by atoms with Gasteiger partial charge in [-0.1, -0.05) is 11.6 Å². The highest BCUT2D eigenvalue weighted by atomic mass is 35.5. The number of rotatable bonds is 2. The molecule has 0 aliphatic carbocycles. The molecule has 1 aromatic carbocycles. The standard InChI is InChI=1S/C13H11ClF3NO2/c1-20-9-4-2-8(3-5-9)18-7-6-10(12(18)19)11(14)13(15,16)17/h2-5H,6-7H2,1H3/b11-10-. The first-order chi connectivity index (χ1) is 9.34. The van der Waals surface area contributed by atoms with Gasteiger partial charge < -0.3 is 9.64 Å². The lowest BCUT2D eigenvalue weighted by Crippen LogP contribution is -2.25. The number of benzene rings is 1. The van der Waals surface area contributed by atoms with Crippen LogP contribution in [0.5, 0.6) is 5.75 Å². The van der Waals surface area contributed by atoms with E-state index < -0.39 is 22.7 Å². The monoisotopic (exact) mass is 305 g/mol. The number of ether oxygens (including phenoxy) is 1. The summed E-state index contributed by atoms with van der Waals surface area (Å²) in [5.74, 6) is -0.109. The van der Waals surface area contributed by atoms with Gasteiger partial charge in [0.15, 0.2) is 0 Å². The first kappa shape index (κ1) is 14.7. The van der Waals surface area contributed by atoms with Gasteiger partial charge in [-0.05, 0) is 30.7 Å². The fourth-order valence-corrected chi connectivity index (χ4v) is 2.15. The molecule has 0 aromatic heterocycles. The first-order valence-electron chi connectivity index (χ1n) is 5.76. The number of carbonyl (C=O) groups excluding carboxylic acids is 1. The van der Waals surface area contributed by atoms with Crippen LogP contribution in [0.4, 0.5) is 18.9 Å². The van der Waals surface area contributed by atoms with Crippen LogP contribution in [0.3, 0.4) is 0 Å². The summed E-state index contributed by atoms with van der Waals surface area (Å²) in [4.78, 5) is 13.3. The van der Waals surface area contributed by atoms with Crippen molar-refractivity contribution in [3.05, 3.63) is 34.9 Å². The van der Waals surface area contributed by atoms with Crippen molar-refractivity contribution in [3.63, 3.8) is 0 Å². The third-order valence-corrected chi connectivity index (χ3v) is 3.43. The highest BCUT2D eigenvalue weighted by molar-refractivity contribution is 6.33. The van der Waals surface area contributed by atoms with E-state index in [1.807, 2.05) is 0 Å². The van der Waals surface area contributed by atoms with E-state index in [1.165, 1.54) is 12.0 Å². The number of methoxy groups -OCH3 is 1. The largest absolute Gasteiger partial charge is 0.497 e. The predicted octanol–water partition coefficient (Wildman–Crippen LogP) is 3.49. The Morgan fingerprint density at radius 1 is 1.30 bits per heavy atom. The van der Waals surface area contributed by atoms with E-state index in [0.29, 0.717) is 11.4 Å². The van der Waals surface area contributed by atoms with Gasteiger partial charge in [0.2, 0.25) is 0 Å². The zero-order valence-electron chi connectivity index (χ0n) is 10.5. The molecule has 2 rings (SSSR count). The Hall–Kier alpha value is -1.69. The molecular weight excluding hydrogens is 295 g/mol. The van der Waals surface area contributed by atoms with Gasteiger partial charge in [-0.2, -0.15) is 13.2 Å². The van der Waals surface area contributed by atoms with Crippen molar-refractivity contribution in [2.75, 3.05) is 18.6 Å². The van der Waals surface area contributed by atoms with Gasteiger partial charge in [0, 0.05) is 17.8 Å². The lowest BCUT2D eigenvalue weighted by atomic mass is 10.2. The van der Waals surface area contributed by atoms with Gasteiger partial charge in [0.05, 0.1) is 7.11 Å². The summed E-state index contributed by atoms with van der Waals surface area (Å²) < 4.78 is 42.6. The number of amides is 1. The molecule has 1 amide bonds. The van der Waals surface area contributed by atoms with E-state index in [1.54, 1.807) is 24.3 Å². The molecule has 0 saturated carbocycles. The quantitative estimate of drug-likeness (QED) is 0.783. The molecule has 1 aliphatic heterocycles. The Kier molecular flexibility index (Phi) is 3.94. The molecular formula is C13H11ClF3NO2. The Morgan fingerprint density at radius 3 is 2.40 bits per heavy atom. The van der Waals surface area contributed by atoms with Gasteiger partial charge in [0.25, 0.3) is 5.91 Å². The smallest absolute Gasteiger partial charge is 0.427 e. The van der Waals surface area contributed by atoms with Crippen LogP contribution in [-0.2, 0) is 4.79 Å². The summed E-state index contributed by atoms with van der Waals surface area (Å²) in [6.07, 6.45) is -4.72.